The number of hydrogen-bond donors (Lipinski definition) is 0. The fourth-order valence-corrected chi connectivity index (χ4v) is 2.37. The molecule has 1 aromatic carbocycles. The van der Waals surface area contributed by atoms with Crippen LogP contribution in [0.1, 0.15) is 16.8 Å². The highest BCUT2D eigenvalue weighted by Crippen LogP contribution is 2.31. The molecule has 0 N–H and O–H groups in total. The SMILES string of the molecule is FC(F)(F)c1ccc(-c2nc(Cl)c3c(n2)CCOC3)cc1. The predicted molar refractivity (Wildman–Crippen MR) is 70.8 cm³/mol. The number of halogens is 4. The van der Waals surface area contributed by atoms with Gasteiger partial charge in [-0.05, 0) is 12.1 Å². The summed E-state index contributed by atoms with van der Waals surface area (Å²) in [4.78, 5) is 8.52. The summed E-state index contributed by atoms with van der Waals surface area (Å²) in [5.74, 6) is 0.328. The Balaban J connectivity index is 1.99. The molecule has 0 amide bonds. The van der Waals surface area contributed by atoms with Crippen LogP contribution in [0.3, 0.4) is 0 Å². The average Bonchev–Trinajstić information content (AvgIpc) is 2.46. The Morgan fingerprint density at radius 3 is 2.48 bits per heavy atom. The van der Waals surface area contributed by atoms with Crippen molar-refractivity contribution < 1.29 is 17.9 Å². The standard InChI is InChI=1S/C14H10ClF3N2O/c15-12-10-7-21-6-5-11(10)19-13(20-12)8-1-3-9(4-2-8)14(16,17)18/h1-4H,5-7H2. The molecule has 110 valence electrons. The zero-order valence-corrected chi connectivity index (χ0v) is 11.5. The van der Waals surface area contributed by atoms with Crippen LogP contribution in [0.15, 0.2) is 24.3 Å². The van der Waals surface area contributed by atoms with Crippen molar-refractivity contribution in [1.82, 2.24) is 9.97 Å². The van der Waals surface area contributed by atoms with E-state index in [0.717, 1.165) is 23.4 Å². The van der Waals surface area contributed by atoms with E-state index in [9.17, 15) is 13.2 Å². The van der Waals surface area contributed by atoms with Crippen LogP contribution in [0.2, 0.25) is 5.15 Å². The van der Waals surface area contributed by atoms with Crippen LogP contribution >= 0.6 is 11.6 Å². The number of benzene rings is 1. The highest BCUT2D eigenvalue weighted by atomic mass is 35.5. The van der Waals surface area contributed by atoms with Gasteiger partial charge in [-0.1, -0.05) is 23.7 Å². The minimum absolute atomic E-state index is 0.287. The number of hydrogen-bond acceptors (Lipinski definition) is 3. The second-order valence-electron chi connectivity index (χ2n) is 4.64. The van der Waals surface area contributed by atoms with Crippen LogP contribution in [0.4, 0.5) is 13.2 Å². The summed E-state index contributed by atoms with van der Waals surface area (Å²) in [6.45, 7) is 0.911. The summed E-state index contributed by atoms with van der Waals surface area (Å²) in [6.07, 6.45) is -3.74. The van der Waals surface area contributed by atoms with E-state index in [1.54, 1.807) is 0 Å². The quantitative estimate of drug-likeness (QED) is 0.749. The lowest BCUT2D eigenvalue weighted by Gasteiger charge is -2.17. The maximum Gasteiger partial charge on any atom is 0.416 e. The molecule has 1 aliphatic rings. The Morgan fingerprint density at radius 1 is 1.10 bits per heavy atom. The van der Waals surface area contributed by atoms with Crippen molar-refractivity contribution in [3.8, 4) is 11.4 Å². The van der Waals surface area contributed by atoms with E-state index < -0.39 is 11.7 Å². The van der Waals surface area contributed by atoms with Crippen molar-refractivity contribution in [2.75, 3.05) is 6.61 Å². The van der Waals surface area contributed by atoms with Gasteiger partial charge in [-0.3, -0.25) is 0 Å². The predicted octanol–water partition coefficient (Wildman–Crippen LogP) is 3.89. The van der Waals surface area contributed by atoms with Gasteiger partial charge in [0, 0.05) is 17.5 Å². The number of nitrogens with zero attached hydrogens (tertiary/aromatic N) is 2. The normalized spacial score (nSPS) is 14.9. The summed E-state index contributed by atoms with van der Waals surface area (Å²) in [5.41, 5.74) is 1.33. The second kappa shape index (κ2) is 5.27. The van der Waals surface area contributed by atoms with Gasteiger partial charge >= 0.3 is 6.18 Å². The van der Waals surface area contributed by atoms with Crippen molar-refractivity contribution in [2.24, 2.45) is 0 Å². The lowest BCUT2D eigenvalue weighted by atomic mass is 10.1. The van der Waals surface area contributed by atoms with E-state index in [-0.39, 0.29) is 5.15 Å². The van der Waals surface area contributed by atoms with Gasteiger partial charge in [-0.15, -0.1) is 0 Å². The van der Waals surface area contributed by atoms with E-state index >= 15 is 0 Å². The first kappa shape index (κ1) is 14.3. The van der Waals surface area contributed by atoms with Gasteiger partial charge in [0.05, 0.1) is 24.5 Å². The average molecular weight is 315 g/mol. The van der Waals surface area contributed by atoms with Crippen LogP contribution in [0, 0.1) is 0 Å². The fourth-order valence-electron chi connectivity index (χ4n) is 2.13. The molecule has 3 nitrogen and oxygen atoms in total. The van der Waals surface area contributed by atoms with E-state index in [4.69, 9.17) is 16.3 Å². The number of aromatic nitrogens is 2. The maximum atomic E-state index is 12.5. The Morgan fingerprint density at radius 2 is 1.81 bits per heavy atom. The molecule has 1 aromatic heterocycles. The monoisotopic (exact) mass is 314 g/mol. The van der Waals surface area contributed by atoms with Crippen molar-refractivity contribution in [3.63, 3.8) is 0 Å². The first-order valence-electron chi connectivity index (χ1n) is 6.26. The largest absolute Gasteiger partial charge is 0.416 e. The minimum atomic E-state index is -4.36. The molecule has 0 bridgehead atoms. The molecule has 0 unspecified atom stereocenters. The Hall–Kier alpha value is -1.66. The molecule has 21 heavy (non-hydrogen) atoms. The fraction of sp³-hybridized carbons (Fsp3) is 0.286. The van der Waals surface area contributed by atoms with Crippen LogP contribution < -0.4 is 0 Å². The second-order valence-corrected chi connectivity index (χ2v) is 5.00. The molecular weight excluding hydrogens is 305 g/mol. The molecule has 1 aliphatic heterocycles. The van der Waals surface area contributed by atoms with Gasteiger partial charge in [-0.25, -0.2) is 9.97 Å². The molecule has 0 saturated carbocycles. The van der Waals surface area contributed by atoms with Gasteiger partial charge in [0.25, 0.3) is 0 Å². The zero-order chi connectivity index (χ0) is 15.0. The van der Waals surface area contributed by atoms with E-state index in [2.05, 4.69) is 9.97 Å². The topological polar surface area (TPSA) is 35.0 Å². The molecule has 2 aromatic rings. The molecule has 0 saturated heterocycles. The summed E-state index contributed by atoms with van der Waals surface area (Å²) in [5, 5.41) is 0.287. The lowest BCUT2D eigenvalue weighted by molar-refractivity contribution is -0.137. The third-order valence-corrected chi connectivity index (χ3v) is 3.55. The number of alkyl halides is 3. The molecule has 0 spiro atoms. The Bertz CT molecular complexity index is 671. The molecule has 3 rings (SSSR count). The summed E-state index contributed by atoms with van der Waals surface area (Å²) in [7, 11) is 0. The Labute approximate surface area is 123 Å². The highest BCUT2D eigenvalue weighted by molar-refractivity contribution is 6.30. The van der Waals surface area contributed by atoms with Crippen molar-refractivity contribution in [2.45, 2.75) is 19.2 Å². The van der Waals surface area contributed by atoms with Gasteiger partial charge in [0.2, 0.25) is 0 Å². The molecule has 0 fully saturated rings. The molecule has 2 heterocycles. The van der Waals surface area contributed by atoms with Crippen molar-refractivity contribution in [1.29, 1.82) is 0 Å². The summed E-state index contributed by atoms with van der Waals surface area (Å²) in [6, 6.07) is 4.71. The van der Waals surface area contributed by atoms with Crippen molar-refractivity contribution >= 4 is 11.6 Å². The zero-order valence-electron chi connectivity index (χ0n) is 10.7. The van der Waals surface area contributed by atoms with Crippen molar-refractivity contribution in [3.05, 3.63) is 46.2 Å². The number of ether oxygens (including phenoxy) is 1. The third-order valence-electron chi connectivity index (χ3n) is 3.24. The number of fused-ring (bicyclic) bond motifs is 1. The summed E-state index contributed by atoms with van der Waals surface area (Å²) < 4.78 is 42.9. The maximum absolute atomic E-state index is 12.5. The first-order chi connectivity index (χ1) is 9.95. The third kappa shape index (κ3) is 2.87. The van der Waals surface area contributed by atoms with Gasteiger partial charge in [0.15, 0.2) is 5.82 Å². The smallest absolute Gasteiger partial charge is 0.376 e. The highest BCUT2D eigenvalue weighted by Gasteiger charge is 2.30. The van der Waals surface area contributed by atoms with E-state index in [1.165, 1.54) is 12.1 Å². The van der Waals surface area contributed by atoms with Gasteiger partial charge < -0.3 is 4.74 Å². The molecular formula is C14H10ClF3N2O. The lowest BCUT2D eigenvalue weighted by Crippen LogP contribution is -2.14. The summed E-state index contributed by atoms with van der Waals surface area (Å²) >= 11 is 6.09. The number of rotatable bonds is 1. The van der Waals surface area contributed by atoms with Crippen LogP contribution in [-0.4, -0.2) is 16.6 Å². The molecule has 7 heteroatoms. The van der Waals surface area contributed by atoms with Gasteiger partial charge in [-0.2, -0.15) is 13.2 Å². The van der Waals surface area contributed by atoms with Gasteiger partial charge in [0.1, 0.15) is 5.15 Å². The van der Waals surface area contributed by atoms with E-state index in [0.29, 0.717) is 31.0 Å². The molecule has 0 aliphatic carbocycles. The Kier molecular flexibility index (Phi) is 3.59. The van der Waals surface area contributed by atoms with Crippen LogP contribution in [-0.2, 0) is 23.9 Å². The molecule has 0 radical (unpaired) electrons. The van der Waals surface area contributed by atoms with E-state index in [1.807, 2.05) is 0 Å². The van der Waals surface area contributed by atoms with Crippen LogP contribution in [0.25, 0.3) is 11.4 Å². The molecule has 0 atom stereocenters. The minimum Gasteiger partial charge on any atom is -0.376 e. The van der Waals surface area contributed by atoms with Crippen LogP contribution in [0.5, 0.6) is 0 Å². The first-order valence-corrected chi connectivity index (χ1v) is 6.63.